The van der Waals surface area contributed by atoms with E-state index in [9.17, 15) is 24.0 Å². The quantitative estimate of drug-likeness (QED) is 0.100. The predicted molar refractivity (Wildman–Crippen MR) is 182 cm³/mol. The lowest BCUT2D eigenvalue weighted by atomic mass is 10.0. The number of carbonyl (C=O) groups is 5. The van der Waals surface area contributed by atoms with Crippen molar-refractivity contribution in [1.29, 1.82) is 0 Å². The zero-order valence-corrected chi connectivity index (χ0v) is 29.0. The first-order valence-corrected chi connectivity index (χ1v) is 16.5. The van der Waals surface area contributed by atoms with E-state index in [-0.39, 0.29) is 32.0 Å². The molecule has 0 spiro atoms. The lowest BCUT2D eigenvalue weighted by molar-refractivity contribution is -0.148. The Bertz CT molecular complexity index is 1300. The summed E-state index contributed by atoms with van der Waals surface area (Å²) >= 11 is 0. The van der Waals surface area contributed by atoms with Gasteiger partial charge < -0.3 is 35.5 Å². The van der Waals surface area contributed by atoms with Gasteiger partial charge in [-0.2, -0.15) is 0 Å². The number of carbonyl (C=O) groups excluding carboxylic acids is 5. The van der Waals surface area contributed by atoms with Crippen LogP contribution in [0.1, 0.15) is 78.4 Å². The minimum Gasteiger partial charge on any atom is -0.464 e. The van der Waals surface area contributed by atoms with E-state index in [1.54, 1.807) is 27.7 Å². The summed E-state index contributed by atoms with van der Waals surface area (Å²) in [5.74, 6) is -1.61. The summed E-state index contributed by atoms with van der Waals surface area (Å²) in [5, 5.41) is 10.9. The van der Waals surface area contributed by atoms with Gasteiger partial charge in [0.05, 0.1) is 6.61 Å². The summed E-state index contributed by atoms with van der Waals surface area (Å²) < 4.78 is 15.8. The minimum atomic E-state index is -1.06. The van der Waals surface area contributed by atoms with Crippen molar-refractivity contribution in [2.45, 2.75) is 104 Å². The minimum absolute atomic E-state index is 0.0875. The molecule has 4 N–H and O–H groups in total. The molecule has 2 aromatic carbocycles. The number of hydrogen-bond acceptors (Lipinski definition) is 8. The third kappa shape index (κ3) is 16.3. The van der Waals surface area contributed by atoms with E-state index in [2.05, 4.69) is 21.3 Å². The van der Waals surface area contributed by atoms with E-state index in [0.717, 1.165) is 11.1 Å². The average Bonchev–Trinajstić information content (AvgIpc) is 3.02. The predicted octanol–water partition coefficient (Wildman–Crippen LogP) is 4.80. The zero-order valence-electron chi connectivity index (χ0n) is 29.0. The first-order chi connectivity index (χ1) is 22.8. The zero-order chi connectivity index (χ0) is 35.5. The molecular weight excluding hydrogens is 616 g/mol. The number of amides is 4. The van der Waals surface area contributed by atoms with Crippen molar-refractivity contribution in [3.63, 3.8) is 0 Å². The lowest BCUT2D eigenvalue weighted by Crippen LogP contribution is -2.57. The Morgan fingerprint density at radius 3 is 1.88 bits per heavy atom. The largest absolute Gasteiger partial charge is 0.464 e. The fourth-order valence-corrected chi connectivity index (χ4v) is 4.69. The molecule has 0 saturated carbocycles. The van der Waals surface area contributed by atoms with Gasteiger partial charge in [-0.15, -0.1) is 0 Å². The second-order valence-corrected chi connectivity index (χ2v) is 12.9. The average molecular weight is 669 g/mol. The van der Waals surface area contributed by atoms with E-state index in [4.69, 9.17) is 14.2 Å². The van der Waals surface area contributed by atoms with Crippen LogP contribution in [0.2, 0.25) is 0 Å². The van der Waals surface area contributed by atoms with Crippen LogP contribution in [0.4, 0.5) is 9.59 Å². The van der Waals surface area contributed by atoms with E-state index in [1.807, 2.05) is 74.5 Å². The van der Waals surface area contributed by atoms with Crippen molar-refractivity contribution in [1.82, 2.24) is 21.3 Å². The maximum Gasteiger partial charge on any atom is 0.408 e. The van der Waals surface area contributed by atoms with Gasteiger partial charge in [0.25, 0.3) is 0 Å². The van der Waals surface area contributed by atoms with Gasteiger partial charge in [-0.25, -0.2) is 14.4 Å². The molecule has 0 heterocycles. The number of esters is 1. The van der Waals surface area contributed by atoms with Crippen LogP contribution in [0, 0.1) is 5.92 Å². The molecule has 3 atom stereocenters. The Kier molecular flexibility index (Phi) is 17.0. The van der Waals surface area contributed by atoms with Crippen LogP contribution >= 0.6 is 0 Å². The fraction of sp³-hybridized carbons (Fsp3) is 0.528. The summed E-state index contributed by atoms with van der Waals surface area (Å²) in [5.41, 5.74) is 0.852. The molecule has 0 aliphatic carbocycles. The number of nitrogens with one attached hydrogen (secondary N) is 4. The van der Waals surface area contributed by atoms with Gasteiger partial charge in [0.15, 0.2) is 0 Å². The van der Waals surface area contributed by atoms with Crippen LogP contribution in [0.5, 0.6) is 0 Å². The number of hydrogen-bond donors (Lipinski definition) is 4. The molecule has 12 heteroatoms. The standard InChI is InChI=1S/C36H52N4O8/c1-7-46-33(43)30(22-25(2)3)39-32(42)29(23-26-16-10-8-11-17-26)38-31(41)28(40-35(45)48-36(4,5)6)20-14-15-21-37-34(44)47-24-27-18-12-9-13-19-27/h8-13,16-19,25,28-30H,7,14-15,20-24H2,1-6H3,(H,37,44)(H,38,41)(H,39,42)(H,40,45)/t28-,29-,30-/m0/s1. The molecule has 2 aromatic rings. The van der Waals surface area contributed by atoms with Gasteiger partial charge in [0, 0.05) is 13.0 Å². The molecular formula is C36H52N4O8. The van der Waals surface area contributed by atoms with E-state index >= 15 is 0 Å². The highest BCUT2D eigenvalue weighted by Gasteiger charge is 2.31. The molecule has 4 amide bonds. The van der Waals surface area contributed by atoms with Crippen LogP contribution in [0.15, 0.2) is 60.7 Å². The Morgan fingerprint density at radius 2 is 1.29 bits per heavy atom. The number of ether oxygens (including phenoxy) is 3. The molecule has 0 aliphatic heterocycles. The van der Waals surface area contributed by atoms with Gasteiger partial charge in [-0.05, 0) is 70.4 Å². The van der Waals surface area contributed by atoms with Gasteiger partial charge in [0.2, 0.25) is 11.8 Å². The van der Waals surface area contributed by atoms with E-state index < -0.39 is 53.7 Å². The number of alkyl carbamates (subject to hydrolysis) is 2. The maximum atomic E-state index is 13.7. The van der Waals surface area contributed by atoms with Crippen LogP contribution in [-0.2, 0) is 41.6 Å². The number of rotatable bonds is 18. The first kappa shape index (κ1) is 39.6. The molecule has 0 aliphatic rings. The summed E-state index contributed by atoms with van der Waals surface area (Å²) in [4.78, 5) is 64.8. The molecule has 0 radical (unpaired) electrons. The van der Waals surface area contributed by atoms with Gasteiger partial charge in [-0.1, -0.05) is 74.5 Å². The molecule has 0 bridgehead atoms. The maximum absolute atomic E-state index is 13.7. The normalized spacial score (nSPS) is 13.0. The highest BCUT2D eigenvalue weighted by Crippen LogP contribution is 2.12. The topological polar surface area (TPSA) is 161 Å². The van der Waals surface area contributed by atoms with Gasteiger partial charge >= 0.3 is 18.2 Å². The molecule has 0 saturated heterocycles. The summed E-state index contributed by atoms with van der Waals surface area (Å²) in [6.45, 7) is 11.3. The van der Waals surface area contributed by atoms with Crippen molar-refractivity contribution < 1.29 is 38.2 Å². The summed E-state index contributed by atoms with van der Waals surface area (Å²) in [6.07, 6.45) is 0.287. The van der Waals surface area contributed by atoms with Crippen molar-refractivity contribution in [3.05, 3.63) is 71.8 Å². The van der Waals surface area contributed by atoms with Gasteiger partial charge in [-0.3, -0.25) is 9.59 Å². The van der Waals surface area contributed by atoms with Gasteiger partial charge in [0.1, 0.15) is 30.3 Å². The fourth-order valence-electron chi connectivity index (χ4n) is 4.69. The monoisotopic (exact) mass is 668 g/mol. The van der Waals surface area contributed by atoms with Crippen molar-refractivity contribution >= 4 is 30.0 Å². The third-order valence-corrected chi connectivity index (χ3v) is 6.92. The van der Waals surface area contributed by atoms with Crippen LogP contribution in [-0.4, -0.2) is 66.8 Å². The SMILES string of the molecule is CCOC(=O)[C@H](CC(C)C)NC(=O)[C@H](Cc1ccccc1)NC(=O)[C@H](CCCCNC(=O)OCc1ccccc1)NC(=O)OC(C)(C)C. The van der Waals surface area contributed by atoms with Crippen molar-refractivity contribution in [3.8, 4) is 0 Å². The molecule has 0 aromatic heterocycles. The number of unbranched alkanes of at least 4 members (excludes halogenated alkanes) is 1. The first-order valence-electron chi connectivity index (χ1n) is 16.5. The Labute approximate surface area is 284 Å². The Morgan fingerprint density at radius 1 is 0.708 bits per heavy atom. The van der Waals surface area contributed by atoms with E-state index in [0.29, 0.717) is 25.8 Å². The molecule has 0 fully saturated rings. The summed E-state index contributed by atoms with van der Waals surface area (Å²) in [6, 6.07) is 15.5. The Balaban J connectivity index is 2.12. The highest BCUT2D eigenvalue weighted by molar-refractivity contribution is 5.93. The second kappa shape index (κ2) is 20.6. The van der Waals surface area contributed by atoms with Crippen molar-refractivity contribution in [2.75, 3.05) is 13.2 Å². The lowest BCUT2D eigenvalue weighted by Gasteiger charge is -2.26. The van der Waals surface area contributed by atoms with E-state index in [1.165, 1.54) is 0 Å². The van der Waals surface area contributed by atoms with Crippen molar-refractivity contribution in [2.24, 2.45) is 5.92 Å². The van der Waals surface area contributed by atoms with Crippen LogP contribution in [0.3, 0.4) is 0 Å². The molecule has 12 nitrogen and oxygen atoms in total. The molecule has 2 rings (SSSR count). The second-order valence-electron chi connectivity index (χ2n) is 12.9. The van der Waals surface area contributed by atoms with Crippen LogP contribution < -0.4 is 21.3 Å². The summed E-state index contributed by atoms with van der Waals surface area (Å²) in [7, 11) is 0. The van der Waals surface area contributed by atoms with Crippen LogP contribution in [0.25, 0.3) is 0 Å². The highest BCUT2D eigenvalue weighted by atomic mass is 16.6. The number of benzene rings is 2. The molecule has 48 heavy (non-hydrogen) atoms. The Hall–Kier alpha value is -4.61. The third-order valence-electron chi connectivity index (χ3n) is 6.92. The molecule has 264 valence electrons. The smallest absolute Gasteiger partial charge is 0.408 e. The molecule has 0 unspecified atom stereocenters.